The molecule has 0 aliphatic heterocycles. The number of nitrogens with two attached hydrogens (primary N) is 1. The maximum absolute atomic E-state index is 11.6. The van der Waals surface area contributed by atoms with Crippen LogP contribution in [0.4, 0.5) is 0 Å². The topological polar surface area (TPSA) is 71.8 Å². The first-order valence-corrected chi connectivity index (χ1v) is 5.05. The van der Waals surface area contributed by atoms with Crippen molar-refractivity contribution in [2.45, 2.75) is 13.0 Å². The number of H-pyrrole nitrogens is 1. The van der Waals surface area contributed by atoms with Gasteiger partial charge in [0.1, 0.15) is 0 Å². The standard InChI is InChI=1S/C12H13N3O/c1-8-7-10(12(16)15-14-8)11(13)9-5-3-2-4-6-9/h2-7,11H,13H2,1H3,(H,15,16). The first-order chi connectivity index (χ1) is 7.68. The van der Waals surface area contributed by atoms with Crippen LogP contribution < -0.4 is 11.3 Å². The van der Waals surface area contributed by atoms with Crippen molar-refractivity contribution in [3.63, 3.8) is 0 Å². The number of aromatic amines is 1. The molecule has 1 heterocycles. The highest BCUT2D eigenvalue weighted by Gasteiger charge is 2.12. The Hall–Kier alpha value is -1.94. The number of nitrogens with zero attached hydrogens (tertiary/aromatic N) is 1. The van der Waals surface area contributed by atoms with E-state index >= 15 is 0 Å². The molecule has 0 saturated carbocycles. The molecule has 4 heteroatoms. The van der Waals surface area contributed by atoms with Gasteiger partial charge in [0, 0.05) is 5.56 Å². The summed E-state index contributed by atoms with van der Waals surface area (Å²) in [6.07, 6.45) is 0. The van der Waals surface area contributed by atoms with Crippen LogP contribution in [0.25, 0.3) is 0 Å². The van der Waals surface area contributed by atoms with E-state index in [4.69, 9.17) is 5.73 Å². The lowest BCUT2D eigenvalue weighted by atomic mass is 10.0. The van der Waals surface area contributed by atoms with Gasteiger partial charge in [0.2, 0.25) is 0 Å². The van der Waals surface area contributed by atoms with Gasteiger partial charge in [-0.1, -0.05) is 30.3 Å². The van der Waals surface area contributed by atoms with Crippen LogP contribution in [0.2, 0.25) is 0 Å². The maximum atomic E-state index is 11.6. The molecule has 16 heavy (non-hydrogen) atoms. The second kappa shape index (κ2) is 4.28. The van der Waals surface area contributed by atoms with Gasteiger partial charge >= 0.3 is 0 Å². The molecule has 0 spiro atoms. The molecule has 1 atom stereocenters. The third kappa shape index (κ3) is 2.01. The minimum Gasteiger partial charge on any atom is -0.320 e. The molecule has 4 nitrogen and oxygen atoms in total. The van der Waals surface area contributed by atoms with Crippen molar-refractivity contribution in [3.8, 4) is 0 Å². The quantitative estimate of drug-likeness (QED) is 0.788. The smallest absolute Gasteiger partial charge is 0.269 e. The van der Waals surface area contributed by atoms with Crippen molar-refractivity contribution >= 4 is 0 Å². The van der Waals surface area contributed by atoms with Crippen LogP contribution in [0, 0.1) is 6.92 Å². The lowest BCUT2D eigenvalue weighted by molar-refractivity contribution is 0.814. The summed E-state index contributed by atoms with van der Waals surface area (Å²) in [4.78, 5) is 11.6. The van der Waals surface area contributed by atoms with E-state index in [9.17, 15) is 4.79 Å². The summed E-state index contributed by atoms with van der Waals surface area (Å²) in [5, 5.41) is 6.26. The fourth-order valence-electron chi connectivity index (χ4n) is 1.60. The summed E-state index contributed by atoms with van der Waals surface area (Å²) in [7, 11) is 0. The summed E-state index contributed by atoms with van der Waals surface area (Å²) in [6.45, 7) is 1.82. The zero-order chi connectivity index (χ0) is 11.5. The second-order valence-corrected chi connectivity index (χ2v) is 3.68. The highest BCUT2D eigenvalue weighted by molar-refractivity contribution is 5.29. The van der Waals surface area contributed by atoms with Gasteiger partial charge in [-0.2, -0.15) is 5.10 Å². The van der Waals surface area contributed by atoms with Crippen LogP contribution in [-0.4, -0.2) is 10.2 Å². The number of rotatable bonds is 2. The first-order valence-electron chi connectivity index (χ1n) is 5.05. The molecular formula is C12H13N3O. The lowest BCUT2D eigenvalue weighted by Gasteiger charge is -2.11. The molecule has 0 amide bonds. The Morgan fingerprint density at radius 1 is 1.31 bits per heavy atom. The van der Waals surface area contributed by atoms with E-state index in [1.54, 1.807) is 6.07 Å². The lowest BCUT2D eigenvalue weighted by Crippen LogP contribution is -2.23. The molecule has 1 unspecified atom stereocenters. The van der Waals surface area contributed by atoms with Crippen molar-refractivity contribution in [3.05, 3.63) is 63.6 Å². The summed E-state index contributed by atoms with van der Waals surface area (Å²) in [5.74, 6) is 0. The Balaban J connectivity index is 2.45. The predicted octanol–water partition coefficient (Wildman–Crippen LogP) is 1.13. The molecular weight excluding hydrogens is 202 g/mol. The van der Waals surface area contributed by atoms with E-state index in [1.165, 1.54) is 0 Å². The van der Waals surface area contributed by atoms with E-state index in [-0.39, 0.29) is 5.56 Å². The molecule has 3 N–H and O–H groups in total. The fraction of sp³-hybridized carbons (Fsp3) is 0.167. The number of benzene rings is 1. The average molecular weight is 215 g/mol. The molecule has 82 valence electrons. The van der Waals surface area contributed by atoms with E-state index < -0.39 is 6.04 Å². The van der Waals surface area contributed by atoms with Gasteiger partial charge in [0.15, 0.2) is 0 Å². The Kier molecular flexibility index (Phi) is 2.83. The molecule has 0 radical (unpaired) electrons. The van der Waals surface area contributed by atoms with Gasteiger partial charge in [0.25, 0.3) is 5.56 Å². The van der Waals surface area contributed by atoms with Gasteiger partial charge in [-0.25, -0.2) is 5.10 Å². The van der Waals surface area contributed by atoms with Crippen molar-refractivity contribution in [1.82, 2.24) is 10.2 Å². The Labute approximate surface area is 93.1 Å². The summed E-state index contributed by atoms with van der Waals surface area (Å²) in [6, 6.07) is 10.8. The van der Waals surface area contributed by atoms with Crippen molar-refractivity contribution < 1.29 is 0 Å². The highest BCUT2D eigenvalue weighted by Crippen LogP contribution is 2.15. The van der Waals surface area contributed by atoms with Crippen LogP contribution in [0.1, 0.15) is 22.9 Å². The third-order valence-corrected chi connectivity index (χ3v) is 2.45. The molecule has 0 saturated heterocycles. The number of hydrogen-bond acceptors (Lipinski definition) is 3. The van der Waals surface area contributed by atoms with Crippen molar-refractivity contribution in [2.75, 3.05) is 0 Å². The van der Waals surface area contributed by atoms with Crippen LogP contribution in [0.3, 0.4) is 0 Å². The van der Waals surface area contributed by atoms with Crippen LogP contribution in [-0.2, 0) is 0 Å². The normalized spacial score (nSPS) is 12.4. The Bertz CT molecular complexity index is 533. The zero-order valence-electron chi connectivity index (χ0n) is 8.97. The molecule has 0 aliphatic rings. The van der Waals surface area contributed by atoms with E-state index in [2.05, 4.69) is 10.2 Å². The molecule has 0 bridgehead atoms. The molecule has 1 aromatic heterocycles. The summed E-state index contributed by atoms with van der Waals surface area (Å²) < 4.78 is 0. The van der Waals surface area contributed by atoms with Crippen LogP contribution >= 0.6 is 0 Å². The number of hydrogen-bond donors (Lipinski definition) is 2. The number of aromatic nitrogens is 2. The predicted molar refractivity (Wildman–Crippen MR) is 62.1 cm³/mol. The van der Waals surface area contributed by atoms with Gasteiger partial charge in [-0.05, 0) is 18.6 Å². The molecule has 0 aliphatic carbocycles. The summed E-state index contributed by atoms with van der Waals surface area (Å²) >= 11 is 0. The van der Waals surface area contributed by atoms with Gasteiger partial charge < -0.3 is 5.73 Å². The zero-order valence-corrected chi connectivity index (χ0v) is 8.97. The summed E-state index contributed by atoms with van der Waals surface area (Å²) in [5.41, 5.74) is 8.01. The van der Waals surface area contributed by atoms with Gasteiger partial charge in [-0.3, -0.25) is 4.79 Å². The van der Waals surface area contributed by atoms with Crippen LogP contribution in [0.5, 0.6) is 0 Å². The molecule has 2 rings (SSSR count). The SMILES string of the molecule is Cc1cc(C(N)c2ccccc2)c(=O)[nH]n1. The molecule has 0 fully saturated rings. The largest absolute Gasteiger partial charge is 0.320 e. The Morgan fingerprint density at radius 2 is 2.00 bits per heavy atom. The number of aryl methyl sites for hydroxylation is 1. The first kappa shape index (κ1) is 10.6. The second-order valence-electron chi connectivity index (χ2n) is 3.68. The van der Waals surface area contributed by atoms with E-state index in [1.807, 2.05) is 37.3 Å². The fourth-order valence-corrected chi connectivity index (χ4v) is 1.60. The van der Waals surface area contributed by atoms with Crippen molar-refractivity contribution in [1.29, 1.82) is 0 Å². The monoisotopic (exact) mass is 215 g/mol. The molecule has 2 aromatic rings. The van der Waals surface area contributed by atoms with Crippen molar-refractivity contribution in [2.24, 2.45) is 5.73 Å². The van der Waals surface area contributed by atoms with Gasteiger partial charge in [-0.15, -0.1) is 0 Å². The minimum atomic E-state index is -0.411. The van der Waals surface area contributed by atoms with E-state index in [0.29, 0.717) is 5.56 Å². The molecule has 1 aromatic carbocycles. The van der Waals surface area contributed by atoms with Gasteiger partial charge in [0.05, 0.1) is 11.7 Å². The third-order valence-electron chi connectivity index (χ3n) is 2.45. The minimum absolute atomic E-state index is 0.234. The average Bonchev–Trinajstić information content (AvgIpc) is 2.32. The maximum Gasteiger partial charge on any atom is 0.269 e. The van der Waals surface area contributed by atoms with Crippen LogP contribution in [0.15, 0.2) is 41.2 Å². The number of nitrogens with one attached hydrogen (secondary N) is 1. The highest BCUT2D eigenvalue weighted by atomic mass is 16.1. The van der Waals surface area contributed by atoms with E-state index in [0.717, 1.165) is 11.3 Å². The Morgan fingerprint density at radius 3 is 2.69 bits per heavy atom.